The number of benzene rings is 1. The SMILES string of the molecule is CNC(=O)c1nn2c(c1C)CN(c1nc(OC)nc3c1COC(c1cc(N)cc(Cl)c1Cl)C3)CCC2.F/C=C1/CC2CCCN2C1. The van der Waals surface area contributed by atoms with Crippen LogP contribution in [-0.4, -0.2) is 70.4 Å². The third kappa shape index (κ3) is 6.40. The summed E-state index contributed by atoms with van der Waals surface area (Å²) in [6, 6.07) is 4.37. The monoisotopic (exact) mass is 672 g/mol. The molecule has 0 bridgehead atoms. The summed E-state index contributed by atoms with van der Waals surface area (Å²) in [5.41, 5.74) is 12.2. The van der Waals surface area contributed by atoms with Crippen molar-refractivity contribution in [2.75, 3.05) is 44.4 Å². The Morgan fingerprint density at radius 2 is 2.00 bits per heavy atom. The highest BCUT2D eigenvalue weighted by Crippen LogP contribution is 2.40. The van der Waals surface area contributed by atoms with Crippen LogP contribution in [-0.2, 0) is 30.9 Å². The number of aryl methyl sites for hydroxylation is 1. The third-order valence-corrected chi connectivity index (χ3v) is 10.0. The fraction of sp³-hybridized carbons (Fsp3) is 0.500. The van der Waals surface area contributed by atoms with Crippen molar-refractivity contribution in [1.82, 2.24) is 30.0 Å². The largest absolute Gasteiger partial charge is 0.467 e. The molecule has 2 unspecified atom stereocenters. The number of nitrogens with two attached hydrogens (primary N) is 1. The molecule has 2 aromatic heterocycles. The maximum absolute atomic E-state index is 12.3. The van der Waals surface area contributed by atoms with Gasteiger partial charge in [0, 0.05) is 61.5 Å². The molecule has 0 spiro atoms. The van der Waals surface area contributed by atoms with E-state index >= 15 is 0 Å². The van der Waals surface area contributed by atoms with E-state index in [0.29, 0.717) is 53.6 Å². The summed E-state index contributed by atoms with van der Waals surface area (Å²) in [5, 5.41) is 8.03. The molecule has 7 rings (SSSR count). The minimum absolute atomic E-state index is 0.194. The van der Waals surface area contributed by atoms with Crippen molar-refractivity contribution in [3.63, 3.8) is 0 Å². The predicted molar refractivity (Wildman–Crippen MR) is 175 cm³/mol. The lowest BCUT2D eigenvalue weighted by Gasteiger charge is -2.31. The van der Waals surface area contributed by atoms with E-state index in [1.165, 1.54) is 19.4 Å². The molecular formula is C32H39Cl2FN8O3. The second kappa shape index (κ2) is 13.7. The number of nitrogen functional groups attached to an aromatic ring is 1. The third-order valence-electron chi connectivity index (χ3n) is 9.22. The van der Waals surface area contributed by atoms with Gasteiger partial charge >= 0.3 is 6.01 Å². The van der Waals surface area contributed by atoms with Crippen LogP contribution in [0.1, 0.15) is 70.4 Å². The highest BCUT2D eigenvalue weighted by molar-refractivity contribution is 6.42. The van der Waals surface area contributed by atoms with E-state index in [9.17, 15) is 9.18 Å². The molecule has 6 heterocycles. The van der Waals surface area contributed by atoms with Gasteiger partial charge in [-0.2, -0.15) is 15.1 Å². The molecule has 246 valence electrons. The Morgan fingerprint density at radius 1 is 1.17 bits per heavy atom. The number of methoxy groups -OCH3 is 1. The Morgan fingerprint density at radius 3 is 2.74 bits per heavy atom. The van der Waals surface area contributed by atoms with Crippen LogP contribution in [0.5, 0.6) is 6.01 Å². The van der Waals surface area contributed by atoms with Gasteiger partial charge in [-0.05, 0) is 56.9 Å². The summed E-state index contributed by atoms with van der Waals surface area (Å²) >= 11 is 12.7. The molecule has 11 nitrogen and oxygen atoms in total. The molecule has 0 saturated carbocycles. The molecule has 4 aliphatic heterocycles. The molecule has 1 aromatic carbocycles. The Balaban J connectivity index is 0.000000314. The van der Waals surface area contributed by atoms with Crippen LogP contribution in [0.15, 0.2) is 24.0 Å². The number of carbonyl (C=O) groups excluding carboxylic acids is 1. The summed E-state index contributed by atoms with van der Waals surface area (Å²) in [6.07, 6.45) is 5.30. The Labute approximate surface area is 277 Å². The molecule has 4 aliphatic rings. The Kier molecular flexibility index (Phi) is 9.69. The lowest BCUT2D eigenvalue weighted by atomic mass is 9.98. The molecule has 46 heavy (non-hydrogen) atoms. The first-order valence-electron chi connectivity index (χ1n) is 15.6. The molecule has 0 radical (unpaired) electrons. The average Bonchev–Trinajstić information content (AvgIpc) is 3.71. The summed E-state index contributed by atoms with van der Waals surface area (Å²) in [6.45, 7) is 6.30. The van der Waals surface area contributed by atoms with Gasteiger partial charge in [0.1, 0.15) is 5.82 Å². The fourth-order valence-corrected chi connectivity index (χ4v) is 7.31. The number of nitrogens with one attached hydrogen (secondary N) is 1. The Bertz CT molecular complexity index is 1650. The molecule has 0 aliphatic carbocycles. The number of hydrogen-bond donors (Lipinski definition) is 2. The van der Waals surface area contributed by atoms with Crippen LogP contribution in [0.4, 0.5) is 15.9 Å². The summed E-state index contributed by atoms with van der Waals surface area (Å²) in [5.74, 6) is 0.558. The lowest BCUT2D eigenvalue weighted by molar-refractivity contribution is 0.0258. The smallest absolute Gasteiger partial charge is 0.318 e. The zero-order valence-electron chi connectivity index (χ0n) is 26.3. The number of carbonyl (C=O) groups is 1. The van der Waals surface area contributed by atoms with Crippen molar-refractivity contribution in [3.05, 3.63) is 67.9 Å². The number of amides is 1. The molecule has 1 amide bonds. The Hall–Kier alpha value is -3.45. The maximum Gasteiger partial charge on any atom is 0.318 e. The van der Waals surface area contributed by atoms with E-state index in [1.807, 2.05) is 11.6 Å². The number of fused-ring (bicyclic) bond motifs is 3. The standard InChI is InChI=1S/C24H27Cl2N7O3.C8H12FN/c1-12-18-10-32(5-4-6-33(18)31-21(12)23(34)28-2)22-15-11-36-19(9-17(15)29-24(30-22)35-3)14-7-13(27)8-16(25)20(14)26;9-5-7-4-8-2-1-3-10(8)6-7/h7-8,19H,4-6,9-11,27H2,1-3H3,(H,28,34);5,8H,1-4,6H2/b;7-5-. The molecule has 2 fully saturated rings. The van der Waals surface area contributed by atoms with E-state index in [2.05, 4.69) is 25.2 Å². The number of nitrogens with zero attached hydrogens (tertiary/aromatic N) is 6. The van der Waals surface area contributed by atoms with Crippen molar-refractivity contribution >= 4 is 40.6 Å². The van der Waals surface area contributed by atoms with E-state index in [0.717, 1.165) is 71.7 Å². The molecule has 2 atom stereocenters. The van der Waals surface area contributed by atoms with Gasteiger partial charge in [-0.25, -0.2) is 4.39 Å². The molecular weight excluding hydrogens is 634 g/mol. The summed E-state index contributed by atoms with van der Waals surface area (Å²) in [4.78, 5) is 26.2. The summed E-state index contributed by atoms with van der Waals surface area (Å²) in [7, 11) is 3.16. The molecule has 14 heteroatoms. The molecule has 2 saturated heterocycles. The minimum atomic E-state index is -0.360. The molecule has 3 N–H and O–H groups in total. The van der Waals surface area contributed by atoms with Crippen molar-refractivity contribution in [1.29, 1.82) is 0 Å². The van der Waals surface area contributed by atoms with Crippen molar-refractivity contribution in [3.8, 4) is 6.01 Å². The predicted octanol–water partition coefficient (Wildman–Crippen LogP) is 5.17. The van der Waals surface area contributed by atoms with Gasteiger partial charge in [0.2, 0.25) is 0 Å². The van der Waals surface area contributed by atoms with Crippen LogP contribution in [0.25, 0.3) is 0 Å². The number of ether oxygens (including phenoxy) is 2. The van der Waals surface area contributed by atoms with Gasteiger partial charge in [0.05, 0.1) is 54.1 Å². The van der Waals surface area contributed by atoms with Gasteiger partial charge in [-0.15, -0.1) is 0 Å². The molecule has 3 aromatic rings. The van der Waals surface area contributed by atoms with Gasteiger partial charge in [0.25, 0.3) is 5.91 Å². The van der Waals surface area contributed by atoms with Gasteiger partial charge in [0.15, 0.2) is 5.69 Å². The van der Waals surface area contributed by atoms with E-state index in [4.69, 9.17) is 43.4 Å². The normalized spacial score (nSPS) is 21.6. The second-order valence-corrected chi connectivity index (χ2v) is 12.9. The van der Waals surface area contributed by atoms with Crippen LogP contribution in [0.2, 0.25) is 10.0 Å². The quantitative estimate of drug-likeness (QED) is 0.361. The average molecular weight is 674 g/mol. The van der Waals surface area contributed by atoms with E-state index in [-0.39, 0.29) is 18.0 Å². The number of halogens is 3. The van der Waals surface area contributed by atoms with Gasteiger partial charge < -0.3 is 25.4 Å². The zero-order chi connectivity index (χ0) is 32.5. The highest BCUT2D eigenvalue weighted by Gasteiger charge is 2.33. The van der Waals surface area contributed by atoms with E-state index < -0.39 is 0 Å². The summed E-state index contributed by atoms with van der Waals surface area (Å²) < 4.78 is 25.6. The van der Waals surface area contributed by atoms with Crippen molar-refractivity contribution < 1.29 is 18.7 Å². The number of hydrogen-bond acceptors (Lipinski definition) is 9. The zero-order valence-corrected chi connectivity index (χ0v) is 27.8. The topological polar surface area (TPSA) is 124 Å². The van der Waals surface area contributed by atoms with Crippen LogP contribution in [0, 0.1) is 6.92 Å². The maximum atomic E-state index is 12.3. The first-order chi connectivity index (χ1) is 22.2. The lowest BCUT2D eigenvalue weighted by Crippen LogP contribution is -2.29. The van der Waals surface area contributed by atoms with Crippen molar-refractivity contribution in [2.45, 2.75) is 70.9 Å². The van der Waals surface area contributed by atoms with Crippen LogP contribution < -0.4 is 20.7 Å². The van der Waals surface area contributed by atoms with Crippen LogP contribution >= 0.6 is 23.2 Å². The number of rotatable bonds is 4. The first kappa shape index (κ1) is 32.5. The second-order valence-electron chi connectivity index (χ2n) is 12.1. The van der Waals surface area contributed by atoms with E-state index in [1.54, 1.807) is 26.3 Å². The fourth-order valence-electron chi connectivity index (χ4n) is 6.85. The first-order valence-corrected chi connectivity index (χ1v) is 16.3. The van der Waals surface area contributed by atoms with Crippen molar-refractivity contribution in [2.24, 2.45) is 0 Å². The van der Waals surface area contributed by atoms with Gasteiger partial charge in [-0.1, -0.05) is 23.2 Å². The van der Waals surface area contributed by atoms with Crippen LogP contribution in [0.3, 0.4) is 0 Å². The number of anilines is 2. The minimum Gasteiger partial charge on any atom is -0.467 e. The number of aromatic nitrogens is 4. The van der Waals surface area contributed by atoms with Gasteiger partial charge in [-0.3, -0.25) is 14.4 Å². The highest BCUT2D eigenvalue weighted by atomic mass is 35.5.